The number of carbonyl (C=O) groups is 4. The van der Waals surface area contributed by atoms with Crippen LogP contribution in [0.25, 0.3) is 0 Å². The van der Waals surface area contributed by atoms with Crippen molar-refractivity contribution in [1.29, 1.82) is 0 Å². The summed E-state index contributed by atoms with van der Waals surface area (Å²) in [5, 5.41) is 25.4. The van der Waals surface area contributed by atoms with Crippen molar-refractivity contribution in [1.82, 2.24) is 16.0 Å². The largest absolute Gasteiger partial charge is 0.395 e. The lowest BCUT2D eigenvalue weighted by molar-refractivity contribution is -0.130. The highest BCUT2D eigenvalue weighted by molar-refractivity contribution is 5.77. The second-order valence-corrected chi connectivity index (χ2v) is 7.91. The molecule has 0 rings (SSSR count). The molecule has 0 bridgehead atoms. The molecule has 0 spiro atoms. The van der Waals surface area contributed by atoms with E-state index in [1.807, 2.05) is 0 Å². The number of hydrogen-bond donors (Lipinski definition) is 6. The van der Waals surface area contributed by atoms with Crippen LogP contribution in [-0.2, 0) is 33.4 Å². The summed E-state index contributed by atoms with van der Waals surface area (Å²) in [6, 6.07) is 0. The first-order chi connectivity index (χ1) is 17.3. The maximum atomic E-state index is 12.6. The monoisotopic (exact) mass is 516 g/mol. The summed E-state index contributed by atoms with van der Waals surface area (Å²) in [5.41, 5.74) is 3.97. The quantitative estimate of drug-likeness (QED) is 0.0631. The van der Waals surface area contributed by atoms with Gasteiger partial charge in [-0.2, -0.15) is 0 Å². The summed E-state index contributed by atoms with van der Waals surface area (Å²) in [6.07, 6.45) is 6.33. The molecule has 0 unspecified atom stereocenters. The summed E-state index contributed by atoms with van der Waals surface area (Å²) < 4.78 is 16.9. The van der Waals surface area contributed by atoms with E-state index in [4.69, 9.17) is 36.6 Å². The maximum absolute atomic E-state index is 12.6. The van der Waals surface area contributed by atoms with E-state index in [9.17, 15) is 19.2 Å². The summed E-state index contributed by atoms with van der Waals surface area (Å²) in [6.45, 7) is -0.311. The molecular formula is C23H40N4O9. The highest BCUT2D eigenvalue weighted by Crippen LogP contribution is 2.11. The summed E-state index contributed by atoms with van der Waals surface area (Å²) in [4.78, 5) is 47.1. The first kappa shape index (κ1) is 33.2. The molecule has 7 N–H and O–H groups in total. The van der Waals surface area contributed by atoms with Gasteiger partial charge in [-0.1, -0.05) is 0 Å². The van der Waals surface area contributed by atoms with Crippen molar-refractivity contribution < 1.29 is 43.6 Å². The van der Waals surface area contributed by atoms with E-state index >= 15 is 0 Å². The van der Waals surface area contributed by atoms with E-state index in [0.29, 0.717) is 12.8 Å². The molecule has 0 aromatic rings. The summed E-state index contributed by atoms with van der Waals surface area (Å²) in [7, 11) is 0. The van der Waals surface area contributed by atoms with Gasteiger partial charge in [-0.15, -0.1) is 12.3 Å². The maximum Gasteiger partial charge on any atom is 0.222 e. The van der Waals surface area contributed by atoms with Gasteiger partial charge in [0, 0.05) is 45.2 Å². The Hall–Kier alpha value is -2.76. The third kappa shape index (κ3) is 18.6. The molecule has 13 heteroatoms. The highest BCUT2D eigenvalue weighted by atomic mass is 16.5. The zero-order chi connectivity index (χ0) is 27.1. The number of nitrogens with two attached hydrogens (primary N) is 1. The lowest BCUT2D eigenvalue weighted by Gasteiger charge is -2.34. The van der Waals surface area contributed by atoms with Crippen molar-refractivity contribution in [3.8, 4) is 12.3 Å². The summed E-state index contributed by atoms with van der Waals surface area (Å²) in [5.74, 6) is 0.980. The number of terminal acetylenes is 1. The zero-order valence-corrected chi connectivity index (χ0v) is 20.7. The molecule has 0 radical (unpaired) electrons. The number of primary amides is 1. The Morgan fingerprint density at radius 3 is 1.67 bits per heavy atom. The Kier molecular flexibility index (Phi) is 19.9. The molecule has 4 amide bonds. The molecular weight excluding hydrogens is 476 g/mol. The van der Waals surface area contributed by atoms with Gasteiger partial charge in [-0.05, 0) is 6.42 Å². The van der Waals surface area contributed by atoms with Crippen molar-refractivity contribution >= 4 is 23.6 Å². The van der Waals surface area contributed by atoms with E-state index in [0.717, 1.165) is 0 Å². The smallest absolute Gasteiger partial charge is 0.222 e. The van der Waals surface area contributed by atoms with Crippen LogP contribution in [0, 0.1) is 12.3 Å². The molecule has 0 saturated heterocycles. The highest BCUT2D eigenvalue weighted by Gasteiger charge is 2.33. The minimum atomic E-state index is -1.19. The van der Waals surface area contributed by atoms with Crippen LogP contribution in [0.1, 0.15) is 38.5 Å². The van der Waals surface area contributed by atoms with Gasteiger partial charge in [0.1, 0.15) is 5.54 Å². The number of ether oxygens (including phenoxy) is 3. The number of hydrogen-bond acceptors (Lipinski definition) is 9. The van der Waals surface area contributed by atoms with Crippen LogP contribution in [0.4, 0.5) is 0 Å². The molecule has 0 saturated carbocycles. The number of rotatable bonds is 23. The molecule has 0 aromatic heterocycles. The van der Waals surface area contributed by atoms with Crippen molar-refractivity contribution in [3.63, 3.8) is 0 Å². The Balaban J connectivity index is 5.21. The number of carbonyl (C=O) groups excluding carboxylic acids is 4. The van der Waals surface area contributed by atoms with Crippen LogP contribution < -0.4 is 21.7 Å². The number of unbranched alkanes of at least 4 members (excludes halogenated alkanes) is 1. The summed E-state index contributed by atoms with van der Waals surface area (Å²) >= 11 is 0. The number of aliphatic hydroxyl groups is 2. The van der Waals surface area contributed by atoms with Gasteiger partial charge in [0.15, 0.2) is 0 Å². The topological polar surface area (TPSA) is 199 Å². The molecule has 0 heterocycles. The van der Waals surface area contributed by atoms with Crippen LogP contribution >= 0.6 is 0 Å². The standard InChI is InChI=1S/C23H40N4O9/c1-2-3-4-5-22(33)27-23(16-34-13-6-19(24)30,17-35-14-7-20(31)25-9-11-28)18-36-15-8-21(32)26-10-12-29/h1,28-29H,3-18H2,(H2,24,30)(H,25,31)(H,26,32)(H,27,33). The molecule has 0 aliphatic rings. The first-order valence-corrected chi connectivity index (χ1v) is 11.8. The van der Waals surface area contributed by atoms with Crippen molar-refractivity contribution in [2.24, 2.45) is 5.73 Å². The predicted molar refractivity (Wildman–Crippen MR) is 129 cm³/mol. The fourth-order valence-corrected chi connectivity index (χ4v) is 2.82. The van der Waals surface area contributed by atoms with E-state index < -0.39 is 11.4 Å². The van der Waals surface area contributed by atoms with Crippen LogP contribution in [0.2, 0.25) is 0 Å². The van der Waals surface area contributed by atoms with E-state index in [1.54, 1.807) is 0 Å². The molecule has 0 aliphatic heterocycles. The van der Waals surface area contributed by atoms with E-state index in [1.165, 1.54) is 0 Å². The SMILES string of the molecule is C#CCCCC(=O)NC(COCCC(N)=O)(COCCC(=O)NCCO)COCCC(=O)NCCO. The average molecular weight is 517 g/mol. The lowest BCUT2D eigenvalue weighted by atomic mass is 10.0. The second kappa shape index (κ2) is 21.5. The Labute approximate surface area is 211 Å². The number of amides is 4. The van der Waals surface area contributed by atoms with Gasteiger partial charge in [-0.3, -0.25) is 19.2 Å². The third-order valence-corrected chi connectivity index (χ3v) is 4.57. The van der Waals surface area contributed by atoms with E-state index in [2.05, 4.69) is 21.9 Å². The zero-order valence-electron chi connectivity index (χ0n) is 20.7. The van der Waals surface area contributed by atoms with Crippen molar-refractivity contribution in [3.05, 3.63) is 0 Å². The molecule has 36 heavy (non-hydrogen) atoms. The van der Waals surface area contributed by atoms with Gasteiger partial charge in [0.05, 0.1) is 52.9 Å². The first-order valence-electron chi connectivity index (χ1n) is 11.8. The van der Waals surface area contributed by atoms with Crippen molar-refractivity contribution in [2.75, 3.05) is 65.9 Å². The van der Waals surface area contributed by atoms with Crippen LogP contribution in [0.3, 0.4) is 0 Å². The van der Waals surface area contributed by atoms with Gasteiger partial charge in [0.2, 0.25) is 23.6 Å². The molecule has 0 fully saturated rings. The Bertz CT molecular complexity index is 670. The Morgan fingerprint density at radius 1 is 0.778 bits per heavy atom. The second-order valence-electron chi connectivity index (χ2n) is 7.91. The van der Waals surface area contributed by atoms with Crippen LogP contribution in [0.5, 0.6) is 0 Å². The normalized spacial score (nSPS) is 10.9. The van der Waals surface area contributed by atoms with Gasteiger partial charge in [-0.25, -0.2) is 0 Å². The minimum Gasteiger partial charge on any atom is -0.395 e. The number of aliphatic hydroxyl groups excluding tert-OH is 2. The van der Waals surface area contributed by atoms with Gasteiger partial charge in [0.25, 0.3) is 0 Å². The molecule has 0 atom stereocenters. The fraction of sp³-hybridized carbons (Fsp3) is 0.739. The molecule has 13 nitrogen and oxygen atoms in total. The molecule has 0 aromatic carbocycles. The van der Waals surface area contributed by atoms with Crippen molar-refractivity contribution in [2.45, 2.75) is 44.1 Å². The average Bonchev–Trinajstić information content (AvgIpc) is 2.84. The van der Waals surface area contributed by atoms with Gasteiger partial charge < -0.3 is 46.1 Å². The minimum absolute atomic E-state index is 0.0111. The third-order valence-electron chi connectivity index (χ3n) is 4.57. The molecule has 206 valence electrons. The lowest BCUT2D eigenvalue weighted by Crippen LogP contribution is -2.58. The van der Waals surface area contributed by atoms with Crippen LogP contribution in [-0.4, -0.2) is 105 Å². The van der Waals surface area contributed by atoms with E-state index in [-0.39, 0.29) is 109 Å². The van der Waals surface area contributed by atoms with Gasteiger partial charge >= 0.3 is 0 Å². The molecule has 0 aliphatic carbocycles. The number of nitrogens with one attached hydrogen (secondary N) is 3. The fourth-order valence-electron chi connectivity index (χ4n) is 2.82. The van der Waals surface area contributed by atoms with Crippen LogP contribution in [0.15, 0.2) is 0 Å². The predicted octanol–water partition coefficient (Wildman–Crippen LogP) is -2.43. The Morgan fingerprint density at radius 2 is 1.25 bits per heavy atom.